The smallest absolute Gasteiger partial charge is 0.306 e. The maximum absolute atomic E-state index is 11.8. The van der Waals surface area contributed by atoms with E-state index in [-0.39, 0.29) is 18.0 Å². The van der Waals surface area contributed by atoms with Crippen molar-refractivity contribution in [2.45, 2.75) is 90.1 Å². The average Bonchev–Trinajstić information content (AvgIpc) is 2.45. The highest BCUT2D eigenvalue weighted by Gasteiger charge is 2.14. The van der Waals surface area contributed by atoms with Crippen molar-refractivity contribution in [3.05, 3.63) is 0 Å². The molecule has 1 fully saturated rings. The summed E-state index contributed by atoms with van der Waals surface area (Å²) in [5.41, 5.74) is 0. The molecule has 0 spiro atoms. The Morgan fingerprint density at radius 2 is 1.71 bits per heavy atom. The fourth-order valence-corrected chi connectivity index (χ4v) is 2.74. The van der Waals surface area contributed by atoms with Gasteiger partial charge in [0, 0.05) is 13.3 Å². The molecule has 0 aromatic rings. The first kappa shape index (κ1) is 18.0. The second-order valence-corrected chi connectivity index (χ2v) is 5.96. The van der Waals surface area contributed by atoms with E-state index in [2.05, 4.69) is 0 Å². The zero-order chi connectivity index (χ0) is 15.3. The molecule has 0 aromatic carbocycles. The van der Waals surface area contributed by atoms with Gasteiger partial charge in [-0.2, -0.15) is 0 Å². The molecule has 1 atom stereocenters. The van der Waals surface area contributed by atoms with Gasteiger partial charge in [-0.3, -0.25) is 9.59 Å². The van der Waals surface area contributed by atoms with Crippen LogP contribution < -0.4 is 0 Å². The van der Waals surface area contributed by atoms with Crippen molar-refractivity contribution < 1.29 is 19.1 Å². The molecule has 4 heteroatoms. The summed E-state index contributed by atoms with van der Waals surface area (Å²) in [4.78, 5) is 22.6. The van der Waals surface area contributed by atoms with Gasteiger partial charge in [-0.25, -0.2) is 0 Å². The lowest BCUT2D eigenvalue weighted by Crippen LogP contribution is -2.19. The minimum absolute atomic E-state index is 0.00573. The van der Waals surface area contributed by atoms with E-state index in [0.717, 1.165) is 38.5 Å². The Balaban J connectivity index is 2.32. The summed E-state index contributed by atoms with van der Waals surface area (Å²) in [5.74, 6) is -0.311. The normalized spacial score (nSPS) is 22.3. The Morgan fingerprint density at radius 3 is 2.38 bits per heavy atom. The summed E-state index contributed by atoms with van der Waals surface area (Å²) in [7, 11) is 0. The molecule has 0 amide bonds. The fourth-order valence-electron chi connectivity index (χ4n) is 2.74. The van der Waals surface area contributed by atoms with Gasteiger partial charge in [-0.05, 0) is 32.1 Å². The van der Waals surface area contributed by atoms with Crippen molar-refractivity contribution in [3.63, 3.8) is 0 Å². The molecule has 1 saturated heterocycles. The van der Waals surface area contributed by atoms with Gasteiger partial charge in [0.25, 0.3) is 0 Å². The molecule has 0 bridgehead atoms. The summed E-state index contributed by atoms with van der Waals surface area (Å²) in [6.07, 6.45) is 12.6. The van der Waals surface area contributed by atoms with Gasteiger partial charge in [-0.15, -0.1) is 0 Å². The molecule has 0 aromatic heterocycles. The molecule has 1 aliphatic heterocycles. The summed E-state index contributed by atoms with van der Waals surface area (Å²) in [5, 5.41) is 0. The van der Waals surface area contributed by atoms with E-state index in [1.54, 1.807) is 0 Å². The monoisotopic (exact) mass is 298 g/mol. The number of rotatable bonds is 4. The van der Waals surface area contributed by atoms with E-state index in [1.807, 2.05) is 0 Å². The van der Waals surface area contributed by atoms with Crippen molar-refractivity contribution >= 4 is 11.9 Å². The summed E-state index contributed by atoms with van der Waals surface area (Å²) in [6.45, 7) is 1.84. The first-order valence-electron chi connectivity index (χ1n) is 8.51. The number of carbonyl (C=O) groups is 2. The molecule has 1 rings (SSSR count). The van der Waals surface area contributed by atoms with Crippen LogP contribution in [0.15, 0.2) is 0 Å². The molecule has 1 aliphatic rings. The predicted octanol–water partition coefficient (Wildman–Crippen LogP) is 4.16. The van der Waals surface area contributed by atoms with Crippen molar-refractivity contribution in [1.29, 1.82) is 0 Å². The first-order valence-corrected chi connectivity index (χ1v) is 8.51. The highest BCUT2D eigenvalue weighted by Crippen LogP contribution is 2.17. The van der Waals surface area contributed by atoms with Gasteiger partial charge in [0.1, 0.15) is 6.10 Å². The summed E-state index contributed by atoms with van der Waals surface area (Å²) >= 11 is 0. The zero-order valence-corrected chi connectivity index (χ0v) is 13.4. The van der Waals surface area contributed by atoms with Crippen molar-refractivity contribution in [2.75, 3.05) is 6.61 Å². The van der Waals surface area contributed by atoms with Crippen LogP contribution in [0, 0.1) is 0 Å². The van der Waals surface area contributed by atoms with Crippen LogP contribution in [0.25, 0.3) is 0 Å². The average molecular weight is 298 g/mol. The van der Waals surface area contributed by atoms with Crippen LogP contribution in [0.1, 0.15) is 84.0 Å². The molecule has 0 saturated carbocycles. The minimum Gasteiger partial charge on any atom is -0.466 e. The van der Waals surface area contributed by atoms with E-state index >= 15 is 0 Å². The van der Waals surface area contributed by atoms with E-state index in [1.165, 1.54) is 39.0 Å². The van der Waals surface area contributed by atoms with E-state index in [0.29, 0.717) is 13.0 Å². The maximum atomic E-state index is 11.8. The van der Waals surface area contributed by atoms with Crippen LogP contribution in [-0.4, -0.2) is 24.6 Å². The highest BCUT2D eigenvalue weighted by molar-refractivity contribution is 5.69. The standard InChI is InChI=1S/C17H30O4/c1-15(18)20-14-10-12-16-11-8-6-4-2-3-5-7-9-13-17(19)21-16/h16H,2-14H2,1H3. The Kier molecular flexibility index (Phi) is 9.92. The molecule has 0 radical (unpaired) electrons. The summed E-state index contributed by atoms with van der Waals surface area (Å²) < 4.78 is 10.5. The molecule has 122 valence electrons. The second-order valence-electron chi connectivity index (χ2n) is 5.96. The van der Waals surface area contributed by atoms with Gasteiger partial charge in [-0.1, -0.05) is 38.5 Å². The van der Waals surface area contributed by atoms with Crippen LogP contribution in [0.3, 0.4) is 0 Å². The summed E-state index contributed by atoms with van der Waals surface area (Å²) in [6, 6.07) is 0. The number of esters is 2. The Bertz CT molecular complexity index is 301. The van der Waals surface area contributed by atoms with Gasteiger partial charge >= 0.3 is 11.9 Å². The van der Waals surface area contributed by atoms with Crippen LogP contribution in [0.2, 0.25) is 0 Å². The molecule has 4 nitrogen and oxygen atoms in total. The molecule has 21 heavy (non-hydrogen) atoms. The van der Waals surface area contributed by atoms with E-state index in [9.17, 15) is 9.59 Å². The molecular weight excluding hydrogens is 268 g/mol. The zero-order valence-electron chi connectivity index (χ0n) is 13.4. The maximum Gasteiger partial charge on any atom is 0.306 e. The van der Waals surface area contributed by atoms with Crippen molar-refractivity contribution in [3.8, 4) is 0 Å². The Labute approximate surface area is 128 Å². The quantitative estimate of drug-likeness (QED) is 0.578. The number of hydrogen-bond acceptors (Lipinski definition) is 4. The van der Waals surface area contributed by atoms with Gasteiger partial charge in [0.05, 0.1) is 6.61 Å². The lowest BCUT2D eigenvalue weighted by atomic mass is 10.0. The predicted molar refractivity (Wildman–Crippen MR) is 81.9 cm³/mol. The van der Waals surface area contributed by atoms with Gasteiger partial charge in [0.2, 0.25) is 0 Å². The van der Waals surface area contributed by atoms with E-state index in [4.69, 9.17) is 9.47 Å². The molecule has 1 heterocycles. The fraction of sp³-hybridized carbons (Fsp3) is 0.882. The number of cyclic esters (lactones) is 1. The third-order valence-electron chi connectivity index (χ3n) is 3.93. The first-order chi connectivity index (χ1) is 10.2. The molecule has 0 N–H and O–H groups in total. The van der Waals surface area contributed by atoms with Gasteiger partial charge in [0.15, 0.2) is 0 Å². The van der Waals surface area contributed by atoms with Crippen LogP contribution in [0.5, 0.6) is 0 Å². The molecular formula is C17H30O4. The highest BCUT2D eigenvalue weighted by atomic mass is 16.5. The van der Waals surface area contributed by atoms with Crippen molar-refractivity contribution in [1.82, 2.24) is 0 Å². The SMILES string of the molecule is CC(=O)OCCCC1CCCCCCCCCCC(=O)O1. The van der Waals surface area contributed by atoms with Crippen molar-refractivity contribution in [2.24, 2.45) is 0 Å². The topological polar surface area (TPSA) is 52.6 Å². The van der Waals surface area contributed by atoms with Crippen LogP contribution in [-0.2, 0) is 19.1 Å². The van der Waals surface area contributed by atoms with Gasteiger partial charge < -0.3 is 9.47 Å². The van der Waals surface area contributed by atoms with Crippen LogP contribution >= 0.6 is 0 Å². The lowest BCUT2D eigenvalue weighted by Gasteiger charge is -2.18. The third-order valence-corrected chi connectivity index (χ3v) is 3.93. The Hall–Kier alpha value is -1.06. The Morgan fingerprint density at radius 1 is 1.10 bits per heavy atom. The third kappa shape index (κ3) is 10.3. The van der Waals surface area contributed by atoms with E-state index < -0.39 is 0 Å². The lowest BCUT2D eigenvalue weighted by molar-refractivity contribution is -0.151. The number of ether oxygens (including phenoxy) is 2. The number of carbonyl (C=O) groups excluding carboxylic acids is 2. The minimum atomic E-state index is -0.248. The largest absolute Gasteiger partial charge is 0.466 e. The van der Waals surface area contributed by atoms with Crippen LogP contribution in [0.4, 0.5) is 0 Å². The molecule has 1 unspecified atom stereocenters. The number of hydrogen-bond donors (Lipinski definition) is 0. The second kappa shape index (κ2) is 11.6. The molecule has 0 aliphatic carbocycles.